The van der Waals surface area contributed by atoms with Gasteiger partial charge in [0.1, 0.15) is 0 Å². The second-order valence-corrected chi connectivity index (χ2v) is 1.93. The highest BCUT2D eigenvalue weighted by Crippen LogP contribution is 1.90. The molecule has 0 aliphatic rings. The van der Waals surface area contributed by atoms with E-state index in [1.165, 1.54) is 0 Å². The summed E-state index contributed by atoms with van der Waals surface area (Å²) in [6.45, 7) is 3.75. The van der Waals surface area contributed by atoms with Crippen molar-refractivity contribution in [3.05, 3.63) is 0 Å². The smallest absolute Gasteiger partial charge is 0.434 e. The van der Waals surface area contributed by atoms with Gasteiger partial charge in [0.25, 0.3) is 0 Å². The minimum absolute atomic E-state index is 0.182. The first-order valence-corrected chi connectivity index (χ1v) is 3.58. The van der Waals surface area contributed by atoms with Crippen molar-refractivity contribution >= 4 is 12.1 Å². The van der Waals surface area contributed by atoms with E-state index in [0.717, 1.165) is 6.42 Å². The van der Waals surface area contributed by atoms with Crippen molar-refractivity contribution in [1.82, 2.24) is 0 Å². The third kappa shape index (κ3) is 5.39. The fraction of sp³-hybridized carbons (Fsp3) is 0.714. The first kappa shape index (κ1) is 9.94. The molecular weight excluding hydrogens is 148 g/mol. The Bertz CT molecular complexity index is 141. The lowest BCUT2D eigenvalue weighted by molar-refractivity contribution is -0.139. The number of hydrogen-bond donors (Lipinski definition) is 0. The van der Waals surface area contributed by atoms with E-state index in [1.54, 1.807) is 6.92 Å². The molecule has 11 heavy (non-hydrogen) atoms. The van der Waals surface area contributed by atoms with Gasteiger partial charge in [-0.2, -0.15) is 0 Å². The van der Waals surface area contributed by atoms with E-state index in [1.807, 2.05) is 6.92 Å². The number of carbonyl (C=O) groups excluding carboxylic acids is 2. The fourth-order valence-corrected chi connectivity index (χ4v) is 0.380. The second-order valence-electron chi connectivity index (χ2n) is 1.93. The summed E-state index contributed by atoms with van der Waals surface area (Å²) in [5, 5.41) is 0. The molecule has 64 valence electrons. The van der Waals surface area contributed by atoms with Gasteiger partial charge < -0.3 is 9.47 Å². The Balaban J connectivity index is 3.44. The van der Waals surface area contributed by atoms with Crippen LogP contribution in [0.15, 0.2) is 0 Å². The Labute approximate surface area is 65.5 Å². The molecule has 0 N–H and O–H groups in total. The lowest BCUT2D eigenvalue weighted by Crippen LogP contribution is -2.13. The standard InChI is InChI=1S/C7H12O4/c1-3-5-10-7(9)11-6(8)4-2/h3-5H2,1-2H3. The van der Waals surface area contributed by atoms with Gasteiger partial charge in [-0.3, -0.25) is 4.79 Å². The van der Waals surface area contributed by atoms with Gasteiger partial charge in [-0.1, -0.05) is 13.8 Å². The summed E-state index contributed by atoms with van der Waals surface area (Å²) in [7, 11) is 0. The molecule has 4 nitrogen and oxygen atoms in total. The van der Waals surface area contributed by atoms with Gasteiger partial charge in [0.05, 0.1) is 6.61 Å². The summed E-state index contributed by atoms with van der Waals surface area (Å²) in [4.78, 5) is 21.0. The Morgan fingerprint density at radius 3 is 2.36 bits per heavy atom. The molecule has 0 amide bonds. The molecule has 0 saturated carbocycles. The number of hydrogen-bond acceptors (Lipinski definition) is 4. The zero-order chi connectivity index (χ0) is 8.69. The molecule has 0 fully saturated rings. The van der Waals surface area contributed by atoms with Gasteiger partial charge in [0.15, 0.2) is 0 Å². The Morgan fingerprint density at radius 2 is 1.91 bits per heavy atom. The maximum absolute atomic E-state index is 10.5. The van der Waals surface area contributed by atoms with Crippen LogP contribution in [0.25, 0.3) is 0 Å². The molecule has 0 bridgehead atoms. The summed E-state index contributed by atoms with van der Waals surface area (Å²) in [5.41, 5.74) is 0. The minimum Gasteiger partial charge on any atom is -0.434 e. The molecule has 0 rings (SSSR count). The van der Waals surface area contributed by atoms with Crippen molar-refractivity contribution in [3.63, 3.8) is 0 Å². The first-order valence-electron chi connectivity index (χ1n) is 3.58. The molecule has 0 radical (unpaired) electrons. The number of carbonyl (C=O) groups is 2. The Kier molecular flexibility index (Phi) is 5.15. The van der Waals surface area contributed by atoms with Gasteiger partial charge in [0, 0.05) is 6.42 Å². The minimum atomic E-state index is -0.904. The summed E-state index contributed by atoms with van der Waals surface area (Å²) in [6.07, 6.45) is -0.00454. The van der Waals surface area contributed by atoms with E-state index in [2.05, 4.69) is 9.47 Å². The summed E-state index contributed by atoms with van der Waals surface area (Å²) in [6, 6.07) is 0. The van der Waals surface area contributed by atoms with Crippen LogP contribution in [0.2, 0.25) is 0 Å². The molecule has 0 spiro atoms. The highest BCUT2D eigenvalue weighted by molar-refractivity contribution is 5.81. The average Bonchev–Trinajstić information content (AvgIpc) is 2.00. The Hall–Kier alpha value is -1.06. The van der Waals surface area contributed by atoms with E-state index >= 15 is 0 Å². The normalized spacial score (nSPS) is 8.91. The molecule has 0 unspecified atom stereocenters. The van der Waals surface area contributed by atoms with E-state index in [0.29, 0.717) is 0 Å². The largest absolute Gasteiger partial charge is 0.516 e. The molecule has 0 aromatic heterocycles. The van der Waals surface area contributed by atoms with Crippen LogP contribution in [-0.2, 0) is 14.3 Å². The summed E-state index contributed by atoms with van der Waals surface area (Å²) in [5.74, 6) is -0.564. The molecule has 0 aromatic rings. The molecule has 0 heterocycles. The predicted molar refractivity (Wildman–Crippen MR) is 38.0 cm³/mol. The van der Waals surface area contributed by atoms with E-state index < -0.39 is 12.1 Å². The maximum atomic E-state index is 10.5. The molecule has 0 atom stereocenters. The average molecular weight is 160 g/mol. The molecule has 0 aromatic carbocycles. The second kappa shape index (κ2) is 5.70. The third-order valence-electron chi connectivity index (χ3n) is 0.910. The van der Waals surface area contributed by atoms with E-state index in [-0.39, 0.29) is 13.0 Å². The zero-order valence-corrected chi connectivity index (χ0v) is 6.75. The predicted octanol–water partition coefficient (Wildman–Crippen LogP) is 1.49. The lowest BCUT2D eigenvalue weighted by Gasteiger charge is -2.00. The van der Waals surface area contributed by atoms with Crippen molar-refractivity contribution < 1.29 is 19.1 Å². The van der Waals surface area contributed by atoms with Gasteiger partial charge in [-0.05, 0) is 6.42 Å². The monoisotopic (exact) mass is 160 g/mol. The van der Waals surface area contributed by atoms with Crippen molar-refractivity contribution in [1.29, 1.82) is 0 Å². The van der Waals surface area contributed by atoms with Crippen molar-refractivity contribution in [2.75, 3.05) is 6.61 Å². The van der Waals surface area contributed by atoms with Crippen molar-refractivity contribution in [3.8, 4) is 0 Å². The van der Waals surface area contributed by atoms with Gasteiger partial charge in [-0.15, -0.1) is 0 Å². The molecule has 0 saturated heterocycles. The Morgan fingerprint density at radius 1 is 1.27 bits per heavy atom. The molecule has 4 heteroatoms. The van der Waals surface area contributed by atoms with Crippen LogP contribution in [0.1, 0.15) is 26.7 Å². The van der Waals surface area contributed by atoms with Crippen LogP contribution in [0.5, 0.6) is 0 Å². The highest BCUT2D eigenvalue weighted by Gasteiger charge is 2.07. The van der Waals surface area contributed by atoms with E-state index in [4.69, 9.17) is 0 Å². The zero-order valence-electron chi connectivity index (χ0n) is 6.75. The van der Waals surface area contributed by atoms with Crippen LogP contribution < -0.4 is 0 Å². The third-order valence-corrected chi connectivity index (χ3v) is 0.910. The van der Waals surface area contributed by atoms with Crippen LogP contribution >= 0.6 is 0 Å². The number of rotatable bonds is 3. The molecule has 0 aliphatic heterocycles. The van der Waals surface area contributed by atoms with Crippen LogP contribution in [0.3, 0.4) is 0 Å². The summed E-state index contributed by atoms with van der Waals surface area (Å²) < 4.78 is 8.68. The highest BCUT2D eigenvalue weighted by atomic mass is 16.7. The fourth-order valence-electron chi connectivity index (χ4n) is 0.380. The maximum Gasteiger partial charge on any atom is 0.516 e. The summed E-state index contributed by atoms with van der Waals surface area (Å²) >= 11 is 0. The number of esters is 1. The van der Waals surface area contributed by atoms with Crippen molar-refractivity contribution in [2.24, 2.45) is 0 Å². The lowest BCUT2D eigenvalue weighted by atomic mass is 10.5. The van der Waals surface area contributed by atoms with Crippen LogP contribution in [0, 0.1) is 0 Å². The first-order chi connectivity index (χ1) is 5.20. The van der Waals surface area contributed by atoms with Crippen molar-refractivity contribution in [2.45, 2.75) is 26.7 Å². The molecular formula is C7H12O4. The van der Waals surface area contributed by atoms with Gasteiger partial charge in [-0.25, -0.2) is 4.79 Å². The number of ether oxygens (including phenoxy) is 2. The SMILES string of the molecule is CCCOC(=O)OC(=O)CC. The quantitative estimate of drug-likeness (QED) is 0.463. The van der Waals surface area contributed by atoms with Crippen LogP contribution in [-0.4, -0.2) is 18.7 Å². The van der Waals surface area contributed by atoms with Gasteiger partial charge in [0.2, 0.25) is 0 Å². The van der Waals surface area contributed by atoms with E-state index in [9.17, 15) is 9.59 Å². The van der Waals surface area contributed by atoms with Gasteiger partial charge >= 0.3 is 12.1 Å². The topological polar surface area (TPSA) is 52.6 Å². The molecule has 0 aliphatic carbocycles. The van der Waals surface area contributed by atoms with Crippen LogP contribution in [0.4, 0.5) is 4.79 Å².